The topological polar surface area (TPSA) is 99.2 Å². The quantitative estimate of drug-likeness (QED) is 0.759. The second-order valence-electron chi connectivity index (χ2n) is 7.61. The van der Waals surface area contributed by atoms with Crippen LogP contribution in [0.1, 0.15) is 20.8 Å². The summed E-state index contributed by atoms with van der Waals surface area (Å²) in [6.07, 6.45) is -0.749. The molecule has 0 aromatic heterocycles. The van der Waals surface area contributed by atoms with E-state index < -0.39 is 24.1 Å². The molecule has 2 rings (SSSR count). The minimum atomic E-state index is -0.749. The Labute approximate surface area is 176 Å². The van der Waals surface area contributed by atoms with Gasteiger partial charge in [0.1, 0.15) is 24.4 Å². The van der Waals surface area contributed by atoms with Crippen molar-refractivity contribution < 1.29 is 24.2 Å². The predicted octanol–water partition coefficient (Wildman–Crippen LogP) is 2.91. The predicted molar refractivity (Wildman–Crippen MR) is 115 cm³/mol. The first-order valence-electron chi connectivity index (χ1n) is 9.45. The van der Waals surface area contributed by atoms with Gasteiger partial charge in [-0.1, -0.05) is 30.3 Å². The van der Waals surface area contributed by atoms with Gasteiger partial charge >= 0.3 is 6.09 Å². The van der Waals surface area contributed by atoms with Crippen LogP contribution in [0, 0.1) is 0 Å². The molecule has 0 aliphatic heterocycles. The summed E-state index contributed by atoms with van der Waals surface area (Å²) < 4.78 is 5.13. The molecule has 0 fully saturated rings. The fraction of sp³-hybridized carbons (Fsp3) is 0.318. The standard InChI is InChI=1S/C22H27N3O5/c1-22(2,3)30-21(29)23-14-19(27)25(17-12-8-9-13-18(17)26)15-20(28)24(4)16-10-6-5-7-11-16/h5-13,26H,14-15H2,1-4H3,(H,23,29). The summed E-state index contributed by atoms with van der Waals surface area (Å²) in [5, 5.41) is 12.6. The number of para-hydroxylation sites is 3. The molecule has 2 aromatic carbocycles. The number of benzene rings is 2. The van der Waals surface area contributed by atoms with Gasteiger partial charge < -0.3 is 20.1 Å². The summed E-state index contributed by atoms with van der Waals surface area (Å²) in [6, 6.07) is 15.2. The number of phenolic OH excluding ortho intramolecular Hbond substituents is 1. The molecule has 0 radical (unpaired) electrons. The van der Waals surface area contributed by atoms with Crippen LogP contribution >= 0.6 is 0 Å². The molecule has 0 unspecified atom stereocenters. The van der Waals surface area contributed by atoms with E-state index in [0.717, 1.165) is 4.90 Å². The van der Waals surface area contributed by atoms with E-state index in [0.29, 0.717) is 5.69 Å². The second kappa shape index (κ2) is 9.78. The summed E-state index contributed by atoms with van der Waals surface area (Å²) in [5.74, 6) is -1.09. The summed E-state index contributed by atoms with van der Waals surface area (Å²) in [4.78, 5) is 40.1. The lowest BCUT2D eigenvalue weighted by atomic mass is 10.2. The number of phenols is 1. The lowest BCUT2D eigenvalue weighted by molar-refractivity contribution is -0.122. The normalized spacial score (nSPS) is 10.8. The van der Waals surface area contributed by atoms with Crippen molar-refractivity contribution in [1.29, 1.82) is 0 Å². The molecule has 0 saturated heterocycles. The van der Waals surface area contributed by atoms with Gasteiger partial charge in [-0.05, 0) is 45.0 Å². The Morgan fingerprint density at radius 2 is 1.57 bits per heavy atom. The maximum absolute atomic E-state index is 12.8. The molecule has 0 heterocycles. The first-order valence-corrected chi connectivity index (χ1v) is 9.45. The van der Waals surface area contributed by atoms with E-state index in [9.17, 15) is 19.5 Å². The van der Waals surface area contributed by atoms with Gasteiger partial charge in [0.15, 0.2) is 0 Å². The van der Waals surface area contributed by atoms with Crippen LogP contribution in [0.15, 0.2) is 54.6 Å². The zero-order chi connectivity index (χ0) is 22.3. The van der Waals surface area contributed by atoms with Gasteiger partial charge in [-0.3, -0.25) is 14.5 Å². The monoisotopic (exact) mass is 413 g/mol. The van der Waals surface area contributed by atoms with E-state index in [1.165, 1.54) is 17.0 Å². The van der Waals surface area contributed by atoms with Gasteiger partial charge in [0.05, 0.1) is 5.69 Å². The Hall–Kier alpha value is -3.55. The maximum atomic E-state index is 12.8. The first kappa shape index (κ1) is 22.7. The molecule has 30 heavy (non-hydrogen) atoms. The van der Waals surface area contributed by atoms with Crippen LogP contribution in [0.5, 0.6) is 5.75 Å². The third-order valence-electron chi connectivity index (χ3n) is 4.07. The lowest BCUT2D eigenvalue weighted by Crippen LogP contribution is -2.46. The molecular weight excluding hydrogens is 386 g/mol. The minimum Gasteiger partial charge on any atom is -0.506 e. The zero-order valence-corrected chi connectivity index (χ0v) is 17.6. The molecule has 0 atom stereocenters. The smallest absolute Gasteiger partial charge is 0.408 e. The van der Waals surface area contributed by atoms with E-state index in [1.54, 1.807) is 64.2 Å². The maximum Gasteiger partial charge on any atom is 0.408 e. The molecule has 0 aliphatic rings. The number of anilines is 2. The molecule has 0 bridgehead atoms. The van der Waals surface area contributed by atoms with Gasteiger partial charge in [-0.2, -0.15) is 0 Å². The second-order valence-corrected chi connectivity index (χ2v) is 7.61. The number of alkyl carbamates (subject to hydrolysis) is 1. The van der Waals surface area contributed by atoms with Crippen LogP contribution in [0.2, 0.25) is 0 Å². The van der Waals surface area contributed by atoms with Crippen molar-refractivity contribution in [3.8, 4) is 5.75 Å². The van der Waals surface area contributed by atoms with Crippen LogP contribution in [0.3, 0.4) is 0 Å². The number of aromatic hydroxyl groups is 1. The summed E-state index contributed by atoms with van der Waals surface area (Å²) in [6.45, 7) is 4.41. The number of ether oxygens (including phenoxy) is 1. The molecular formula is C22H27N3O5. The highest BCUT2D eigenvalue weighted by Crippen LogP contribution is 2.27. The van der Waals surface area contributed by atoms with Gasteiger partial charge in [-0.25, -0.2) is 4.79 Å². The number of carbonyl (C=O) groups is 3. The highest BCUT2D eigenvalue weighted by molar-refractivity contribution is 6.05. The summed E-state index contributed by atoms with van der Waals surface area (Å²) in [5.41, 5.74) is 0.126. The van der Waals surface area contributed by atoms with E-state index in [1.807, 2.05) is 6.07 Å². The number of rotatable bonds is 6. The van der Waals surface area contributed by atoms with Crippen molar-refractivity contribution in [3.05, 3.63) is 54.6 Å². The molecule has 2 N–H and O–H groups in total. The lowest BCUT2D eigenvalue weighted by Gasteiger charge is -2.26. The Balaban J connectivity index is 2.17. The summed E-state index contributed by atoms with van der Waals surface area (Å²) in [7, 11) is 1.60. The third kappa shape index (κ3) is 6.51. The molecule has 0 aliphatic carbocycles. The van der Waals surface area contributed by atoms with Gasteiger partial charge in [-0.15, -0.1) is 0 Å². The molecule has 160 valence electrons. The highest BCUT2D eigenvalue weighted by atomic mass is 16.6. The number of carbonyl (C=O) groups excluding carboxylic acids is 3. The first-order chi connectivity index (χ1) is 14.1. The molecule has 2 aromatic rings. The molecule has 0 spiro atoms. The van der Waals surface area contributed by atoms with Crippen molar-refractivity contribution in [2.45, 2.75) is 26.4 Å². The largest absolute Gasteiger partial charge is 0.506 e. The molecule has 0 saturated carbocycles. The average Bonchev–Trinajstić information content (AvgIpc) is 2.69. The van der Waals surface area contributed by atoms with Crippen LogP contribution < -0.4 is 15.1 Å². The van der Waals surface area contributed by atoms with Crippen LogP contribution in [-0.2, 0) is 14.3 Å². The van der Waals surface area contributed by atoms with Crippen molar-refractivity contribution in [2.75, 3.05) is 29.9 Å². The molecule has 8 heteroatoms. The van der Waals surface area contributed by atoms with E-state index in [-0.39, 0.29) is 23.9 Å². The number of amides is 3. The SMILES string of the molecule is CN(C(=O)CN(C(=O)CNC(=O)OC(C)(C)C)c1ccccc1O)c1ccccc1. The Kier molecular flexibility index (Phi) is 7.41. The van der Waals surface area contributed by atoms with E-state index in [4.69, 9.17) is 4.74 Å². The fourth-order valence-electron chi connectivity index (χ4n) is 2.59. The van der Waals surface area contributed by atoms with Crippen LogP contribution in [0.4, 0.5) is 16.2 Å². The minimum absolute atomic E-state index is 0.154. The van der Waals surface area contributed by atoms with Gasteiger partial charge in [0.25, 0.3) is 0 Å². The van der Waals surface area contributed by atoms with Gasteiger partial charge in [0, 0.05) is 12.7 Å². The van der Waals surface area contributed by atoms with Crippen molar-refractivity contribution in [3.63, 3.8) is 0 Å². The Morgan fingerprint density at radius 3 is 2.17 bits per heavy atom. The van der Waals surface area contributed by atoms with Crippen molar-refractivity contribution in [2.24, 2.45) is 0 Å². The van der Waals surface area contributed by atoms with Crippen molar-refractivity contribution in [1.82, 2.24) is 5.32 Å². The molecule has 3 amide bonds. The number of nitrogens with one attached hydrogen (secondary N) is 1. The highest BCUT2D eigenvalue weighted by Gasteiger charge is 2.25. The Bertz CT molecular complexity index is 893. The number of hydrogen-bond acceptors (Lipinski definition) is 5. The fourth-order valence-corrected chi connectivity index (χ4v) is 2.59. The zero-order valence-electron chi connectivity index (χ0n) is 17.6. The summed E-state index contributed by atoms with van der Waals surface area (Å²) >= 11 is 0. The van der Waals surface area contributed by atoms with Crippen LogP contribution in [-0.4, -0.2) is 48.8 Å². The van der Waals surface area contributed by atoms with E-state index >= 15 is 0 Å². The van der Waals surface area contributed by atoms with Crippen LogP contribution in [0.25, 0.3) is 0 Å². The third-order valence-corrected chi connectivity index (χ3v) is 4.07. The number of likely N-dealkylation sites (N-methyl/N-ethyl adjacent to an activating group) is 1. The number of hydrogen-bond donors (Lipinski definition) is 2. The average molecular weight is 413 g/mol. The van der Waals surface area contributed by atoms with E-state index in [2.05, 4.69) is 5.32 Å². The Morgan fingerprint density at radius 1 is 0.967 bits per heavy atom. The van der Waals surface area contributed by atoms with Gasteiger partial charge in [0.2, 0.25) is 11.8 Å². The molecule has 8 nitrogen and oxygen atoms in total. The van der Waals surface area contributed by atoms with Crippen molar-refractivity contribution >= 4 is 29.3 Å². The number of nitrogens with zero attached hydrogens (tertiary/aromatic N) is 2.